The summed E-state index contributed by atoms with van der Waals surface area (Å²) in [5.41, 5.74) is 5.71. The van der Waals surface area contributed by atoms with Crippen molar-refractivity contribution < 1.29 is 9.59 Å². The van der Waals surface area contributed by atoms with E-state index in [9.17, 15) is 9.59 Å². The number of benzene rings is 1. The zero-order valence-electron chi connectivity index (χ0n) is 19.4. The summed E-state index contributed by atoms with van der Waals surface area (Å²) in [4.78, 5) is 31.5. The normalized spacial score (nSPS) is 11.2. The van der Waals surface area contributed by atoms with Gasteiger partial charge < -0.3 is 10.6 Å². The lowest BCUT2D eigenvalue weighted by atomic mass is 10.1. The first-order valence-electron chi connectivity index (χ1n) is 10.8. The van der Waals surface area contributed by atoms with Crippen LogP contribution in [0.15, 0.2) is 41.9 Å². The molecular weight excluding hydrogens is 434 g/mol. The van der Waals surface area contributed by atoms with Gasteiger partial charge in [-0.25, -0.2) is 9.67 Å². The molecule has 0 fully saturated rings. The van der Waals surface area contributed by atoms with Crippen molar-refractivity contribution >= 4 is 39.9 Å². The molecule has 3 heterocycles. The Balaban J connectivity index is 1.58. The van der Waals surface area contributed by atoms with Crippen LogP contribution in [0.25, 0.3) is 21.6 Å². The summed E-state index contributed by atoms with van der Waals surface area (Å²) in [5, 5.41) is 12.7. The first-order chi connectivity index (χ1) is 15.7. The quantitative estimate of drug-likeness (QED) is 0.421. The number of nitrogens with zero attached hydrogens (tertiary/aromatic N) is 3. The fourth-order valence-electron chi connectivity index (χ4n) is 3.95. The number of nitrogens with one attached hydrogen (secondary N) is 2. The molecular formula is C25H27N5O2S. The summed E-state index contributed by atoms with van der Waals surface area (Å²) in [7, 11) is 0. The molecule has 0 atom stereocenters. The number of aromatic nitrogens is 3. The van der Waals surface area contributed by atoms with Crippen LogP contribution in [0.4, 0.5) is 5.69 Å². The van der Waals surface area contributed by atoms with E-state index in [2.05, 4.69) is 15.7 Å². The number of carbonyl (C=O) groups is 2. The number of aryl methyl sites for hydroxylation is 3. The number of rotatable bonds is 6. The van der Waals surface area contributed by atoms with Gasteiger partial charge in [0.15, 0.2) is 5.65 Å². The highest BCUT2D eigenvalue weighted by Gasteiger charge is 2.19. The van der Waals surface area contributed by atoms with Crippen LogP contribution in [-0.2, 0) is 4.79 Å². The lowest BCUT2D eigenvalue weighted by Crippen LogP contribution is -2.33. The van der Waals surface area contributed by atoms with E-state index >= 15 is 0 Å². The standard InChI is InChI=1S/C25H27N5O2S/c1-14(2)30-24-19(12-27-30)18(11-20(28-24)21-7-6-8-33-21)25(32)26-13-22(31)29-23-16(4)9-15(3)10-17(23)5/h6-12,14H,13H2,1-5H3,(H,26,32)(H,29,31). The molecule has 0 bridgehead atoms. The van der Waals surface area contributed by atoms with Crippen LogP contribution in [0.3, 0.4) is 0 Å². The van der Waals surface area contributed by atoms with Crippen molar-refractivity contribution in [2.75, 3.05) is 11.9 Å². The highest BCUT2D eigenvalue weighted by atomic mass is 32.1. The van der Waals surface area contributed by atoms with Gasteiger partial charge in [-0.3, -0.25) is 9.59 Å². The molecule has 2 N–H and O–H groups in total. The van der Waals surface area contributed by atoms with Crippen LogP contribution in [-0.4, -0.2) is 33.1 Å². The van der Waals surface area contributed by atoms with Gasteiger partial charge in [0.05, 0.1) is 34.3 Å². The van der Waals surface area contributed by atoms with E-state index < -0.39 is 0 Å². The van der Waals surface area contributed by atoms with Crippen LogP contribution >= 0.6 is 11.3 Å². The van der Waals surface area contributed by atoms with Gasteiger partial charge >= 0.3 is 0 Å². The van der Waals surface area contributed by atoms with Gasteiger partial charge in [-0.15, -0.1) is 11.3 Å². The molecule has 4 rings (SSSR count). The summed E-state index contributed by atoms with van der Waals surface area (Å²) >= 11 is 1.56. The summed E-state index contributed by atoms with van der Waals surface area (Å²) < 4.78 is 1.80. The molecule has 33 heavy (non-hydrogen) atoms. The zero-order chi connectivity index (χ0) is 23.7. The van der Waals surface area contributed by atoms with E-state index in [4.69, 9.17) is 4.98 Å². The third-order valence-electron chi connectivity index (χ3n) is 5.43. The van der Waals surface area contributed by atoms with Crippen molar-refractivity contribution in [3.63, 3.8) is 0 Å². The van der Waals surface area contributed by atoms with E-state index in [0.717, 1.165) is 27.3 Å². The second-order valence-electron chi connectivity index (χ2n) is 8.46. The third-order valence-corrected chi connectivity index (χ3v) is 6.32. The molecule has 0 aliphatic carbocycles. The summed E-state index contributed by atoms with van der Waals surface area (Å²) in [6, 6.07) is 9.82. The molecule has 0 unspecified atom stereocenters. The van der Waals surface area contributed by atoms with Crippen molar-refractivity contribution in [1.82, 2.24) is 20.1 Å². The predicted molar refractivity (Wildman–Crippen MR) is 133 cm³/mol. The largest absolute Gasteiger partial charge is 0.343 e. The fraction of sp³-hybridized carbons (Fsp3) is 0.280. The molecule has 0 spiro atoms. The van der Waals surface area contributed by atoms with Crippen molar-refractivity contribution in [2.45, 2.75) is 40.7 Å². The smallest absolute Gasteiger partial charge is 0.252 e. The number of hydrogen-bond acceptors (Lipinski definition) is 5. The molecule has 4 aromatic rings. The Morgan fingerprint density at radius 2 is 1.85 bits per heavy atom. The number of anilines is 1. The summed E-state index contributed by atoms with van der Waals surface area (Å²) in [6.45, 7) is 9.84. The molecule has 0 saturated heterocycles. The summed E-state index contributed by atoms with van der Waals surface area (Å²) in [6.07, 6.45) is 1.66. The van der Waals surface area contributed by atoms with Gasteiger partial charge in [0, 0.05) is 11.7 Å². The number of hydrogen-bond donors (Lipinski definition) is 2. The van der Waals surface area contributed by atoms with Gasteiger partial charge in [-0.1, -0.05) is 23.8 Å². The SMILES string of the molecule is Cc1cc(C)c(NC(=O)CNC(=O)c2cc(-c3cccs3)nc3c2cnn3C(C)C)c(C)c1. The number of thiophene rings is 1. The Hall–Kier alpha value is -3.52. The summed E-state index contributed by atoms with van der Waals surface area (Å²) in [5.74, 6) is -0.615. The van der Waals surface area contributed by atoms with Crippen molar-refractivity contribution in [2.24, 2.45) is 0 Å². The zero-order valence-corrected chi connectivity index (χ0v) is 20.2. The van der Waals surface area contributed by atoms with Crippen molar-refractivity contribution in [3.8, 4) is 10.6 Å². The maximum Gasteiger partial charge on any atom is 0.252 e. The van der Waals surface area contributed by atoms with Gasteiger partial charge in [0.1, 0.15) is 0 Å². The maximum absolute atomic E-state index is 13.1. The average Bonchev–Trinajstić information content (AvgIpc) is 3.43. The number of carbonyl (C=O) groups excluding carboxylic acids is 2. The van der Waals surface area contributed by atoms with Gasteiger partial charge in [0.25, 0.3) is 5.91 Å². The number of amides is 2. The molecule has 170 valence electrons. The molecule has 0 saturated carbocycles. The monoisotopic (exact) mass is 461 g/mol. The molecule has 2 amide bonds. The second-order valence-corrected chi connectivity index (χ2v) is 9.40. The fourth-order valence-corrected chi connectivity index (χ4v) is 4.64. The van der Waals surface area contributed by atoms with Crippen molar-refractivity contribution in [1.29, 1.82) is 0 Å². The van der Waals surface area contributed by atoms with E-state index in [0.29, 0.717) is 22.3 Å². The van der Waals surface area contributed by atoms with Crippen LogP contribution in [0.5, 0.6) is 0 Å². The van der Waals surface area contributed by atoms with Gasteiger partial charge in [0.2, 0.25) is 5.91 Å². The topological polar surface area (TPSA) is 88.9 Å². The van der Waals surface area contributed by atoms with Gasteiger partial charge in [-0.05, 0) is 63.3 Å². The Labute approximate surface area is 196 Å². The van der Waals surface area contributed by atoms with Crippen LogP contribution < -0.4 is 10.6 Å². The molecule has 0 aliphatic rings. The second kappa shape index (κ2) is 9.15. The van der Waals surface area contributed by atoms with E-state index in [1.165, 1.54) is 0 Å². The third kappa shape index (κ3) is 4.66. The predicted octanol–water partition coefficient (Wildman–Crippen LogP) is 5.03. The first-order valence-corrected chi connectivity index (χ1v) is 11.7. The van der Waals surface area contributed by atoms with Crippen LogP contribution in [0.1, 0.15) is 46.9 Å². The first kappa shape index (κ1) is 22.7. The Kier molecular flexibility index (Phi) is 6.29. The minimum atomic E-state index is -0.337. The minimum absolute atomic E-state index is 0.0938. The van der Waals surface area contributed by atoms with E-state index in [-0.39, 0.29) is 24.4 Å². The molecule has 3 aromatic heterocycles. The Morgan fingerprint density at radius 3 is 2.48 bits per heavy atom. The van der Waals surface area contributed by atoms with Crippen molar-refractivity contribution in [3.05, 3.63) is 64.2 Å². The molecule has 7 nitrogen and oxygen atoms in total. The van der Waals surface area contributed by atoms with Gasteiger partial charge in [-0.2, -0.15) is 5.10 Å². The molecule has 0 radical (unpaired) electrons. The highest BCUT2D eigenvalue weighted by Crippen LogP contribution is 2.29. The maximum atomic E-state index is 13.1. The number of pyridine rings is 1. The lowest BCUT2D eigenvalue weighted by Gasteiger charge is -2.13. The van der Waals surface area contributed by atoms with E-state index in [1.54, 1.807) is 28.3 Å². The van der Waals surface area contributed by atoms with E-state index in [1.807, 2.05) is 64.3 Å². The number of fused-ring (bicyclic) bond motifs is 1. The Morgan fingerprint density at radius 1 is 1.12 bits per heavy atom. The average molecular weight is 462 g/mol. The molecule has 8 heteroatoms. The lowest BCUT2D eigenvalue weighted by molar-refractivity contribution is -0.115. The highest BCUT2D eigenvalue weighted by molar-refractivity contribution is 7.13. The molecule has 0 aliphatic heterocycles. The van der Waals surface area contributed by atoms with Crippen LogP contribution in [0.2, 0.25) is 0 Å². The Bertz CT molecular complexity index is 1320. The van der Waals surface area contributed by atoms with Crippen LogP contribution in [0, 0.1) is 20.8 Å². The minimum Gasteiger partial charge on any atom is -0.343 e. The molecule has 1 aromatic carbocycles.